The number of hydrogen-bond donors (Lipinski definition) is 2. The molecule has 1 amide bonds. The quantitative estimate of drug-likeness (QED) is 0.716. The topological polar surface area (TPSA) is 89.2 Å². The van der Waals surface area contributed by atoms with Gasteiger partial charge in [0.15, 0.2) is 5.76 Å². The Hall–Kier alpha value is -3.09. The predicted octanol–water partition coefficient (Wildman–Crippen LogP) is 1.77. The molecule has 2 heterocycles. The molecule has 0 aliphatic heterocycles. The van der Waals surface area contributed by atoms with E-state index in [9.17, 15) is 9.59 Å². The molecule has 0 saturated carbocycles. The Balaban J connectivity index is 1.93. The van der Waals surface area contributed by atoms with Gasteiger partial charge in [-0.1, -0.05) is 12.1 Å². The van der Waals surface area contributed by atoms with Crippen molar-refractivity contribution in [3.8, 4) is 0 Å². The van der Waals surface area contributed by atoms with E-state index in [1.807, 2.05) is 6.92 Å². The zero-order valence-corrected chi connectivity index (χ0v) is 11.9. The number of carbonyl (C=O) groups excluding carboxylic acids is 1. The molecule has 0 radical (unpaired) electrons. The van der Waals surface area contributed by atoms with E-state index in [0.29, 0.717) is 17.4 Å². The van der Waals surface area contributed by atoms with Crippen molar-refractivity contribution in [2.24, 2.45) is 0 Å². The first-order chi connectivity index (χ1) is 10.7. The molecule has 22 heavy (non-hydrogen) atoms. The van der Waals surface area contributed by atoms with E-state index in [1.165, 1.54) is 16.9 Å². The number of nitrogens with one attached hydrogen (secondary N) is 2. The number of furan rings is 1. The van der Waals surface area contributed by atoms with Crippen LogP contribution in [-0.4, -0.2) is 15.5 Å². The Morgan fingerprint density at radius 2 is 2.09 bits per heavy atom. The van der Waals surface area contributed by atoms with E-state index >= 15 is 0 Å². The van der Waals surface area contributed by atoms with Crippen LogP contribution in [0.3, 0.4) is 0 Å². The molecule has 2 N–H and O–H groups in total. The Morgan fingerprint density at radius 1 is 1.27 bits per heavy atom. The summed E-state index contributed by atoms with van der Waals surface area (Å²) < 4.78 is 6.44. The average molecular weight is 298 g/mol. The maximum Gasteiger partial charge on any atom is 0.305 e. The average Bonchev–Trinajstić information content (AvgIpc) is 3.07. The van der Waals surface area contributed by atoms with Crippen molar-refractivity contribution in [3.63, 3.8) is 0 Å². The lowest BCUT2D eigenvalue weighted by molar-refractivity contribution is 0.0934. The molecule has 3 aromatic rings. The molecule has 0 aliphatic carbocycles. The summed E-state index contributed by atoms with van der Waals surface area (Å²) in [4.78, 5) is 28.6. The minimum Gasteiger partial charge on any atom is -0.459 e. The van der Waals surface area contributed by atoms with E-state index in [4.69, 9.17) is 4.42 Å². The molecular formula is C15H14N4O3. The lowest BCUT2D eigenvalue weighted by Gasteiger charge is -2.13. The number of amides is 1. The van der Waals surface area contributed by atoms with Crippen LogP contribution < -0.4 is 16.4 Å². The summed E-state index contributed by atoms with van der Waals surface area (Å²) in [5, 5.41) is 0.535. The lowest BCUT2D eigenvalue weighted by atomic mass is 10.2. The first-order valence-electron chi connectivity index (χ1n) is 6.80. The second kappa shape index (κ2) is 5.72. The third-order valence-corrected chi connectivity index (χ3v) is 3.21. The third-order valence-electron chi connectivity index (χ3n) is 3.21. The zero-order valence-electron chi connectivity index (χ0n) is 11.9. The number of rotatable bonds is 4. The maximum absolute atomic E-state index is 12.4. The van der Waals surface area contributed by atoms with Crippen LogP contribution in [0.1, 0.15) is 17.5 Å². The smallest absolute Gasteiger partial charge is 0.305 e. The van der Waals surface area contributed by atoms with Crippen molar-refractivity contribution in [3.05, 3.63) is 58.8 Å². The van der Waals surface area contributed by atoms with Crippen LogP contribution in [0.25, 0.3) is 10.9 Å². The molecule has 3 rings (SSSR count). The van der Waals surface area contributed by atoms with Crippen molar-refractivity contribution in [2.45, 2.75) is 13.5 Å². The third kappa shape index (κ3) is 2.44. The Kier molecular flexibility index (Phi) is 3.61. The lowest BCUT2D eigenvalue weighted by Crippen LogP contribution is -2.34. The van der Waals surface area contributed by atoms with Crippen LogP contribution >= 0.6 is 0 Å². The predicted molar refractivity (Wildman–Crippen MR) is 81.5 cm³/mol. The number of anilines is 1. The highest BCUT2D eigenvalue weighted by Gasteiger charge is 2.12. The summed E-state index contributed by atoms with van der Waals surface area (Å²) in [5.74, 6) is -0.0140. The van der Waals surface area contributed by atoms with E-state index in [0.717, 1.165) is 0 Å². The summed E-state index contributed by atoms with van der Waals surface area (Å²) in [6.45, 7) is 2.26. The number of hydrogen-bond acceptors (Lipinski definition) is 5. The molecule has 0 bridgehead atoms. The molecule has 0 unspecified atom stereocenters. The summed E-state index contributed by atoms with van der Waals surface area (Å²) in [6, 6.07) is 10.2. The van der Waals surface area contributed by atoms with Crippen LogP contribution in [0.4, 0.5) is 5.95 Å². The number of nitrogens with zero attached hydrogens (tertiary/aromatic N) is 2. The van der Waals surface area contributed by atoms with Gasteiger partial charge < -0.3 is 4.42 Å². The highest BCUT2D eigenvalue weighted by atomic mass is 16.3. The van der Waals surface area contributed by atoms with Crippen molar-refractivity contribution in [1.29, 1.82) is 0 Å². The maximum atomic E-state index is 12.4. The Morgan fingerprint density at radius 3 is 2.82 bits per heavy atom. The van der Waals surface area contributed by atoms with Gasteiger partial charge in [0.2, 0.25) is 5.95 Å². The summed E-state index contributed by atoms with van der Waals surface area (Å²) >= 11 is 0. The number of para-hydroxylation sites is 1. The largest absolute Gasteiger partial charge is 0.459 e. The fraction of sp³-hybridized carbons (Fsp3) is 0.133. The molecule has 7 nitrogen and oxygen atoms in total. The SMILES string of the molecule is CCn1c(NNC(=O)c2ccco2)nc2ccccc2c1=O. The monoisotopic (exact) mass is 298 g/mol. The summed E-state index contributed by atoms with van der Waals surface area (Å²) in [5.41, 5.74) is 5.54. The Bertz CT molecular complexity index is 868. The number of aromatic nitrogens is 2. The van der Waals surface area contributed by atoms with E-state index < -0.39 is 5.91 Å². The van der Waals surface area contributed by atoms with Crippen LogP contribution in [0.5, 0.6) is 0 Å². The molecule has 7 heteroatoms. The second-order valence-electron chi connectivity index (χ2n) is 4.56. The molecule has 0 spiro atoms. The van der Waals surface area contributed by atoms with Gasteiger partial charge in [0.1, 0.15) is 0 Å². The highest BCUT2D eigenvalue weighted by Crippen LogP contribution is 2.10. The molecule has 0 fully saturated rings. The van der Waals surface area contributed by atoms with Crippen LogP contribution in [0, 0.1) is 0 Å². The van der Waals surface area contributed by atoms with Gasteiger partial charge in [-0.3, -0.25) is 25.0 Å². The summed E-state index contributed by atoms with van der Waals surface area (Å²) in [7, 11) is 0. The first kappa shape index (κ1) is 13.9. The van der Waals surface area contributed by atoms with Gasteiger partial charge in [-0.2, -0.15) is 0 Å². The minimum absolute atomic E-state index is 0.164. The molecule has 1 aromatic carbocycles. The van der Waals surface area contributed by atoms with Crippen LogP contribution in [0.15, 0.2) is 51.9 Å². The molecule has 0 aliphatic rings. The van der Waals surface area contributed by atoms with Gasteiger partial charge in [0, 0.05) is 6.54 Å². The van der Waals surface area contributed by atoms with Crippen molar-refractivity contribution >= 4 is 22.8 Å². The van der Waals surface area contributed by atoms with Gasteiger partial charge in [-0.25, -0.2) is 4.98 Å². The van der Waals surface area contributed by atoms with Crippen molar-refractivity contribution < 1.29 is 9.21 Å². The molecule has 0 atom stereocenters. The molecule has 112 valence electrons. The fourth-order valence-electron chi connectivity index (χ4n) is 2.14. The molecule has 2 aromatic heterocycles. The van der Waals surface area contributed by atoms with Gasteiger partial charge in [0.05, 0.1) is 17.2 Å². The highest BCUT2D eigenvalue weighted by molar-refractivity contribution is 5.92. The second-order valence-corrected chi connectivity index (χ2v) is 4.56. The first-order valence-corrected chi connectivity index (χ1v) is 6.80. The van der Waals surface area contributed by atoms with Gasteiger partial charge in [-0.15, -0.1) is 0 Å². The molecular weight excluding hydrogens is 284 g/mol. The van der Waals surface area contributed by atoms with E-state index in [2.05, 4.69) is 15.8 Å². The number of benzene rings is 1. The summed E-state index contributed by atoms with van der Waals surface area (Å²) in [6.07, 6.45) is 1.41. The normalized spacial score (nSPS) is 10.6. The van der Waals surface area contributed by atoms with Crippen molar-refractivity contribution in [1.82, 2.24) is 15.0 Å². The van der Waals surface area contributed by atoms with Crippen LogP contribution in [-0.2, 0) is 6.54 Å². The van der Waals surface area contributed by atoms with Gasteiger partial charge in [0.25, 0.3) is 5.56 Å². The van der Waals surface area contributed by atoms with E-state index in [-0.39, 0.29) is 17.3 Å². The Labute approximate surface area is 125 Å². The standard InChI is InChI=1S/C15H14N4O3/c1-2-19-14(21)10-6-3-4-7-11(10)16-15(19)18-17-13(20)12-8-5-9-22-12/h3-9H,2H2,1H3,(H,16,18)(H,17,20). The number of hydrazine groups is 1. The van der Waals surface area contributed by atoms with Crippen LogP contribution in [0.2, 0.25) is 0 Å². The number of carbonyl (C=O) groups is 1. The fourth-order valence-corrected chi connectivity index (χ4v) is 2.14. The molecule has 0 saturated heterocycles. The van der Waals surface area contributed by atoms with Gasteiger partial charge in [-0.05, 0) is 31.2 Å². The zero-order chi connectivity index (χ0) is 15.5. The van der Waals surface area contributed by atoms with Crippen molar-refractivity contribution in [2.75, 3.05) is 5.43 Å². The van der Waals surface area contributed by atoms with E-state index in [1.54, 1.807) is 30.3 Å². The minimum atomic E-state index is -0.449. The van der Waals surface area contributed by atoms with Gasteiger partial charge >= 0.3 is 5.91 Å². The number of fused-ring (bicyclic) bond motifs is 1.